The van der Waals surface area contributed by atoms with Gasteiger partial charge in [-0.15, -0.1) is 0 Å². The Kier molecular flexibility index (Phi) is 3.57. The zero-order valence-electron chi connectivity index (χ0n) is 12.7. The van der Waals surface area contributed by atoms with Crippen LogP contribution in [0.1, 0.15) is 69.4 Å². The molecule has 1 fully saturated rings. The van der Waals surface area contributed by atoms with E-state index in [0.29, 0.717) is 5.92 Å². The first kappa shape index (κ1) is 13.7. The van der Waals surface area contributed by atoms with Crippen LogP contribution in [-0.4, -0.2) is 16.3 Å². The molecule has 108 valence electrons. The van der Waals surface area contributed by atoms with Crippen LogP contribution in [0.25, 0.3) is 0 Å². The van der Waals surface area contributed by atoms with Gasteiger partial charge in [-0.05, 0) is 36.3 Å². The lowest BCUT2D eigenvalue weighted by atomic mass is 9.74. The summed E-state index contributed by atoms with van der Waals surface area (Å²) >= 11 is 0. The van der Waals surface area contributed by atoms with Gasteiger partial charge in [0.25, 0.3) is 0 Å². The van der Waals surface area contributed by atoms with E-state index in [9.17, 15) is 4.79 Å². The van der Waals surface area contributed by atoms with Crippen LogP contribution < -0.4 is 0 Å². The Morgan fingerprint density at radius 3 is 2.60 bits per heavy atom. The fourth-order valence-electron chi connectivity index (χ4n) is 4.42. The zero-order chi connectivity index (χ0) is 14.2. The number of fused-ring (bicyclic) bond motifs is 1. The van der Waals surface area contributed by atoms with Crippen molar-refractivity contribution in [1.29, 1.82) is 0 Å². The molecule has 1 heterocycles. The number of carbonyl (C=O) groups excluding carboxylic acids is 1. The van der Waals surface area contributed by atoms with Crippen molar-refractivity contribution >= 4 is 5.91 Å². The number of carbonyl (C=O) groups is 1. The Morgan fingerprint density at radius 1 is 1.20 bits per heavy atom. The molecule has 20 heavy (non-hydrogen) atoms. The molecule has 2 heteroatoms. The lowest BCUT2D eigenvalue weighted by Crippen LogP contribution is -2.51. The van der Waals surface area contributed by atoms with Gasteiger partial charge in [0, 0.05) is 19.0 Å². The number of amides is 1. The quantitative estimate of drug-likeness (QED) is 0.691. The largest absolute Gasteiger partial charge is 0.333 e. The molecule has 1 aliphatic carbocycles. The smallest absolute Gasteiger partial charge is 0.220 e. The molecule has 0 bridgehead atoms. The second-order valence-electron chi connectivity index (χ2n) is 6.69. The van der Waals surface area contributed by atoms with Crippen molar-refractivity contribution in [1.82, 2.24) is 4.90 Å². The van der Waals surface area contributed by atoms with E-state index in [4.69, 9.17) is 0 Å². The predicted octanol–water partition coefficient (Wildman–Crippen LogP) is 4.25. The van der Waals surface area contributed by atoms with Crippen molar-refractivity contribution < 1.29 is 4.79 Å². The van der Waals surface area contributed by atoms with Crippen LogP contribution in [0.5, 0.6) is 0 Å². The number of benzene rings is 1. The van der Waals surface area contributed by atoms with Gasteiger partial charge in [0.2, 0.25) is 5.91 Å². The van der Waals surface area contributed by atoms with E-state index < -0.39 is 0 Å². The van der Waals surface area contributed by atoms with E-state index in [-0.39, 0.29) is 11.4 Å². The van der Waals surface area contributed by atoms with E-state index in [1.54, 1.807) is 6.92 Å². The van der Waals surface area contributed by atoms with E-state index in [0.717, 1.165) is 13.0 Å². The van der Waals surface area contributed by atoms with E-state index in [2.05, 4.69) is 36.1 Å². The maximum absolute atomic E-state index is 12.3. The number of hydrogen-bond donors (Lipinski definition) is 0. The molecule has 2 nitrogen and oxygen atoms in total. The molecular formula is C18H25NO. The molecule has 1 amide bonds. The monoisotopic (exact) mass is 271 g/mol. The lowest BCUT2D eigenvalue weighted by molar-refractivity contribution is -0.138. The third kappa shape index (κ3) is 2.25. The van der Waals surface area contributed by atoms with E-state index >= 15 is 0 Å². The fourth-order valence-corrected chi connectivity index (χ4v) is 4.42. The topological polar surface area (TPSA) is 20.3 Å². The van der Waals surface area contributed by atoms with Crippen LogP contribution >= 0.6 is 0 Å². The second-order valence-corrected chi connectivity index (χ2v) is 6.69. The van der Waals surface area contributed by atoms with Gasteiger partial charge in [-0.2, -0.15) is 0 Å². The number of hydrogen-bond acceptors (Lipinski definition) is 1. The first-order valence-electron chi connectivity index (χ1n) is 7.98. The van der Waals surface area contributed by atoms with Crippen molar-refractivity contribution in [3.63, 3.8) is 0 Å². The molecule has 0 unspecified atom stereocenters. The van der Waals surface area contributed by atoms with Crippen molar-refractivity contribution in [3.05, 3.63) is 35.4 Å². The van der Waals surface area contributed by atoms with Crippen LogP contribution in [0.15, 0.2) is 24.3 Å². The number of nitrogens with zero attached hydrogens (tertiary/aromatic N) is 1. The third-order valence-corrected chi connectivity index (χ3v) is 5.34. The van der Waals surface area contributed by atoms with Crippen LogP contribution in [0.2, 0.25) is 0 Å². The average Bonchev–Trinajstić information content (AvgIpc) is 2.56. The molecule has 1 aliphatic heterocycles. The summed E-state index contributed by atoms with van der Waals surface area (Å²) in [6, 6.07) is 8.68. The molecule has 1 atom stereocenters. The van der Waals surface area contributed by atoms with Gasteiger partial charge < -0.3 is 4.90 Å². The van der Waals surface area contributed by atoms with Gasteiger partial charge in [-0.1, -0.05) is 50.5 Å². The molecule has 0 N–H and O–H groups in total. The molecule has 1 aromatic carbocycles. The summed E-state index contributed by atoms with van der Waals surface area (Å²) in [6.45, 7) is 4.88. The van der Waals surface area contributed by atoms with Crippen molar-refractivity contribution in [2.24, 2.45) is 0 Å². The van der Waals surface area contributed by atoms with Gasteiger partial charge in [-0.3, -0.25) is 4.79 Å². The van der Waals surface area contributed by atoms with Gasteiger partial charge >= 0.3 is 0 Å². The third-order valence-electron chi connectivity index (χ3n) is 5.34. The molecule has 0 saturated heterocycles. The SMILES string of the molecule is CC(=O)N1Cc2ccccc2[C@H](C)CC12CCCCC2. The molecule has 0 radical (unpaired) electrons. The van der Waals surface area contributed by atoms with Gasteiger partial charge in [0.1, 0.15) is 0 Å². The Bertz CT molecular complexity index is 502. The molecular weight excluding hydrogens is 246 g/mol. The first-order valence-corrected chi connectivity index (χ1v) is 7.98. The summed E-state index contributed by atoms with van der Waals surface area (Å²) in [5.41, 5.74) is 2.90. The maximum Gasteiger partial charge on any atom is 0.220 e. The van der Waals surface area contributed by atoms with Crippen molar-refractivity contribution in [2.75, 3.05) is 0 Å². The van der Waals surface area contributed by atoms with E-state index in [1.807, 2.05) is 0 Å². The lowest BCUT2D eigenvalue weighted by Gasteiger charge is -2.46. The Morgan fingerprint density at radius 2 is 1.90 bits per heavy atom. The first-order chi connectivity index (χ1) is 9.62. The molecule has 1 aromatic rings. The summed E-state index contributed by atoms with van der Waals surface area (Å²) in [7, 11) is 0. The molecule has 2 aliphatic rings. The van der Waals surface area contributed by atoms with Crippen molar-refractivity contribution in [2.45, 2.75) is 70.4 Å². The number of rotatable bonds is 0. The predicted molar refractivity (Wildman–Crippen MR) is 81.5 cm³/mol. The summed E-state index contributed by atoms with van der Waals surface area (Å²) in [4.78, 5) is 14.5. The Hall–Kier alpha value is -1.31. The molecule has 0 aromatic heterocycles. The van der Waals surface area contributed by atoms with E-state index in [1.165, 1.54) is 43.2 Å². The van der Waals surface area contributed by atoms with Crippen LogP contribution in [-0.2, 0) is 11.3 Å². The highest BCUT2D eigenvalue weighted by molar-refractivity contribution is 5.74. The van der Waals surface area contributed by atoms with Crippen LogP contribution in [0, 0.1) is 0 Å². The second kappa shape index (κ2) is 5.23. The fraction of sp³-hybridized carbons (Fsp3) is 0.611. The van der Waals surface area contributed by atoms with Gasteiger partial charge in [0.15, 0.2) is 0 Å². The summed E-state index contributed by atoms with van der Waals surface area (Å²) in [6.07, 6.45) is 7.37. The minimum atomic E-state index is 0.114. The maximum atomic E-state index is 12.3. The highest BCUT2D eigenvalue weighted by Crippen LogP contribution is 2.44. The highest BCUT2D eigenvalue weighted by atomic mass is 16.2. The zero-order valence-corrected chi connectivity index (χ0v) is 12.7. The highest BCUT2D eigenvalue weighted by Gasteiger charge is 2.42. The minimum absolute atomic E-state index is 0.114. The van der Waals surface area contributed by atoms with Gasteiger partial charge in [-0.25, -0.2) is 0 Å². The minimum Gasteiger partial charge on any atom is -0.333 e. The summed E-state index contributed by atoms with van der Waals surface area (Å²) < 4.78 is 0. The Balaban J connectivity index is 2.03. The van der Waals surface area contributed by atoms with Crippen molar-refractivity contribution in [3.8, 4) is 0 Å². The summed E-state index contributed by atoms with van der Waals surface area (Å²) in [5.74, 6) is 0.796. The molecule has 1 spiro atoms. The molecule has 1 saturated carbocycles. The van der Waals surface area contributed by atoms with Crippen LogP contribution in [0.3, 0.4) is 0 Å². The van der Waals surface area contributed by atoms with Crippen LogP contribution in [0.4, 0.5) is 0 Å². The normalized spacial score (nSPS) is 25.1. The summed E-state index contributed by atoms with van der Waals surface area (Å²) in [5, 5.41) is 0. The van der Waals surface area contributed by atoms with Gasteiger partial charge in [0.05, 0.1) is 0 Å². The average molecular weight is 271 g/mol. The standard InChI is InChI=1S/C18H25NO/c1-14-12-18(10-6-3-7-11-18)19(15(2)20)13-16-8-4-5-9-17(14)16/h4-5,8-9,14H,3,6-7,10-13H2,1-2H3/t14-/m1/s1. The Labute approximate surface area is 122 Å². The molecule has 3 rings (SSSR count).